The van der Waals surface area contributed by atoms with Crippen LogP contribution in [0.3, 0.4) is 0 Å². The molecule has 128 valence electrons. The van der Waals surface area contributed by atoms with Gasteiger partial charge in [0.15, 0.2) is 0 Å². The van der Waals surface area contributed by atoms with E-state index in [-0.39, 0.29) is 23.9 Å². The first-order chi connectivity index (χ1) is 10.7. The van der Waals surface area contributed by atoms with Gasteiger partial charge in [-0.25, -0.2) is 9.78 Å². The van der Waals surface area contributed by atoms with Crippen molar-refractivity contribution in [2.24, 2.45) is 11.8 Å². The lowest BCUT2D eigenvalue weighted by atomic mass is 9.91. The minimum absolute atomic E-state index is 0.00420. The van der Waals surface area contributed by atoms with Crippen molar-refractivity contribution < 1.29 is 14.7 Å². The van der Waals surface area contributed by atoms with Gasteiger partial charge in [0.1, 0.15) is 5.01 Å². The number of piperidine rings is 1. The summed E-state index contributed by atoms with van der Waals surface area (Å²) in [7, 11) is 0. The Kier molecular flexibility index (Phi) is 5.29. The molecule has 6 nitrogen and oxygen atoms in total. The van der Waals surface area contributed by atoms with Crippen LogP contribution in [0.4, 0.5) is 4.79 Å². The highest BCUT2D eigenvalue weighted by Gasteiger charge is 2.31. The predicted octanol–water partition coefficient (Wildman–Crippen LogP) is 2.69. The molecule has 2 atom stereocenters. The summed E-state index contributed by atoms with van der Waals surface area (Å²) in [6.07, 6.45) is 0.626. The molecule has 23 heavy (non-hydrogen) atoms. The average molecular weight is 339 g/mol. The van der Waals surface area contributed by atoms with Crippen molar-refractivity contribution in [2.75, 3.05) is 13.1 Å². The van der Waals surface area contributed by atoms with Gasteiger partial charge in [0.2, 0.25) is 0 Å². The number of carboxylic acids is 1. The number of carboxylic acid groups (broad SMARTS) is 1. The Labute approximate surface area is 140 Å². The highest BCUT2D eigenvalue weighted by atomic mass is 32.1. The summed E-state index contributed by atoms with van der Waals surface area (Å²) in [5, 5.41) is 14.9. The molecular formula is C16H25N3O3S. The van der Waals surface area contributed by atoms with Crippen LogP contribution in [0.15, 0.2) is 5.38 Å². The molecule has 0 spiro atoms. The van der Waals surface area contributed by atoms with E-state index in [2.05, 4.69) is 31.1 Å². The van der Waals surface area contributed by atoms with E-state index in [4.69, 9.17) is 0 Å². The molecule has 2 amide bonds. The molecule has 1 fully saturated rings. The van der Waals surface area contributed by atoms with E-state index in [1.807, 2.05) is 12.3 Å². The van der Waals surface area contributed by atoms with Gasteiger partial charge in [-0.15, -0.1) is 11.3 Å². The summed E-state index contributed by atoms with van der Waals surface area (Å²) >= 11 is 1.53. The zero-order valence-corrected chi connectivity index (χ0v) is 14.9. The average Bonchev–Trinajstić information content (AvgIpc) is 2.93. The van der Waals surface area contributed by atoms with Gasteiger partial charge in [-0.3, -0.25) is 4.79 Å². The quantitative estimate of drug-likeness (QED) is 0.887. The first kappa shape index (κ1) is 17.7. The number of carbonyl (C=O) groups excluding carboxylic acids is 1. The molecule has 2 heterocycles. The molecule has 0 saturated carbocycles. The van der Waals surface area contributed by atoms with E-state index in [1.54, 1.807) is 4.90 Å². The number of aliphatic carboxylic acids is 1. The number of hydrogen-bond donors (Lipinski definition) is 2. The maximum atomic E-state index is 12.3. The van der Waals surface area contributed by atoms with Crippen molar-refractivity contribution in [3.8, 4) is 0 Å². The molecule has 7 heteroatoms. The highest BCUT2D eigenvalue weighted by molar-refractivity contribution is 7.09. The van der Waals surface area contributed by atoms with E-state index in [0.717, 1.165) is 10.7 Å². The molecule has 1 aromatic heterocycles. The fraction of sp³-hybridized carbons (Fsp3) is 0.688. The van der Waals surface area contributed by atoms with Gasteiger partial charge in [-0.05, 0) is 12.3 Å². The third-order valence-electron chi connectivity index (χ3n) is 4.01. The van der Waals surface area contributed by atoms with E-state index >= 15 is 0 Å². The van der Waals surface area contributed by atoms with E-state index in [1.165, 1.54) is 11.3 Å². The van der Waals surface area contributed by atoms with Crippen molar-refractivity contribution in [3.63, 3.8) is 0 Å². The van der Waals surface area contributed by atoms with Gasteiger partial charge in [-0.1, -0.05) is 27.7 Å². The molecule has 2 N–H and O–H groups in total. The molecule has 1 aliphatic rings. The van der Waals surface area contributed by atoms with Crippen LogP contribution in [0, 0.1) is 11.8 Å². The second-order valence-corrected chi connectivity index (χ2v) is 8.26. The molecular weight excluding hydrogens is 314 g/mol. The van der Waals surface area contributed by atoms with Crippen molar-refractivity contribution in [3.05, 3.63) is 16.1 Å². The number of aromatic nitrogens is 1. The van der Waals surface area contributed by atoms with Crippen LogP contribution in [-0.4, -0.2) is 40.1 Å². The molecule has 1 saturated heterocycles. The topological polar surface area (TPSA) is 82.5 Å². The zero-order chi connectivity index (χ0) is 17.2. The van der Waals surface area contributed by atoms with Gasteiger partial charge < -0.3 is 15.3 Å². The third kappa shape index (κ3) is 4.67. The van der Waals surface area contributed by atoms with Gasteiger partial charge in [0.25, 0.3) is 0 Å². The largest absolute Gasteiger partial charge is 0.481 e. The van der Waals surface area contributed by atoms with Crippen molar-refractivity contribution in [1.29, 1.82) is 0 Å². The minimum atomic E-state index is -0.830. The number of thiazole rings is 1. The number of rotatable bonds is 3. The summed E-state index contributed by atoms with van der Waals surface area (Å²) in [6.45, 7) is 9.54. The summed E-state index contributed by atoms with van der Waals surface area (Å²) in [4.78, 5) is 29.6. The Hall–Kier alpha value is -1.63. The van der Waals surface area contributed by atoms with Crippen LogP contribution >= 0.6 is 11.3 Å². The monoisotopic (exact) mass is 339 g/mol. The van der Waals surface area contributed by atoms with Crippen LogP contribution in [0.2, 0.25) is 0 Å². The standard InChI is InChI=1S/C16H25N3O3S/c1-10-5-11(14(20)21)8-19(7-10)15(22)17-6-13-18-12(9-23-13)16(2,3)4/h9-11H,5-8H2,1-4H3,(H,17,22)(H,20,21). The molecule has 2 rings (SSSR count). The summed E-state index contributed by atoms with van der Waals surface area (Å²) in [5.41, 5.74) is 1.01. The van der Waals surface area contributed by atoms with Gasteiger partial charge >= 0.3 is 12.0 Å². The Morgan fingerprint density at radius 1 is 1.43 bits per heavy atom. The van der Waals surface area contributed by atoms with Crippen LogP contribution in [0.25, 0.3) is 0 Å². The molecule has 1 aromatic rings. The minimum Gasteiger partial charge on any atom is -0.481 e. The smallest absolute Gasteiger partial charge is 0.317 e. The number of nitrogens with zero attached hydrogens (tertiary/aromatic N) is 2. The molecule has 2 unspecified atom stereocenters. The Balaban J connectivity index is 1.91. The lowest BCUT2D eigenvalue weighted by Gasteiger charge is -2.34. The number of likely N-dealkylation sites (tertiary alicyclic amines) is 1. The van der Waals surface area contributed by atoms with E-state index in [0.29, 0.717) is 19.5 Å². The fourth-order valence-corrected chi connectivity index (χ4v) is 3.66. The Bertz CT molecular complexity index is 579. The molecule has 1 aliphatic heterocycles. The van der Waals surface area contributed by atoms with Crippen LogP contribution in [-0.2, 0) is 16.8 Å². The first-order valence-corrected chi connectivity index (χ1v) is 8.75. The lowest BCUT2D eigenvalue weighted by molar-refractivity contribution is -0.143. The second-order valence-electron chi connectivity index (χ2n) is 7.32. The normalized spacial score (nSPS) is 22.0. The van der Waals surface area contributed by atoms with Gasteiger partial charge in [0.05, 0.1) is 18.2 Å². The predicted molar refractivity (Wildman–Crippen MR) is 89.5 cm³/mol. The lowest BCUT2D eigenvalue weighted by Crippen LogP contribution is -2.49. The second kappa shape index (κ2) is 6.86. The van der Waals surface area contributed by atoms with E-state index < -0.39 is 11.9 Å². The number of carbonyl (C=O) groups is 2. The van der Waals surface area contributed by atoms with Crippen molar-refractivity contribution >= 4 is 23.3 Å². The Morgan fingerprint density at radius 3 is 2.70 bits per heavy atom. The molecule has 0 radical (unpaired) electrons. The summed E-state index contributed by atoms with van der Waals surface area (Å²) in [6, 6.07) is -0.213. The van der Waals surface area contributed by atoms with E-state index in [9.17, 15) is 14.7 Å². The number of amides is 2. The van der Waals surface area contributed by atoms with Crippen molar-refractivity contribution in [1.82, 2.24) is 15.2 Å². The van der Waals surface area contributed by atoms with Crippen LogP contribution in [0.1, 0.15) is 44.8 Å². The van der Waals surface area contributed by atoms with Gasteiger partial charge in [0, 0.05) is 23.9 Å². The fourth-order valence-electron chi connectivity index (χ4n) is 2.70. The number of nitrogens with one attached hydrogen (secondary N) is 1. The molecule has 0 bridgehead atoms. The Morgan fingerprint density at radius 2 is 2.13 bits per heavy atom. The maximum absolute atomic E-state index is 12.3. The van der Waals surface area contributed by atoms with Crippen LogP contribution in [0.5, 0.6) is 0 Å². The maximum Gasteiger partial charge on any atom is 0.317 e. The SMILES string of the molecule is CC1CC(C(=O)O)CN(C(=O)NCc2nc(C(C)(C)C)cs2)C1. The van der Waals surface area contributed by atoms with Crippen LogP contribution < -0.4 is 5.32 Å². The number of urea groups is 1. The molecule has 0 aliphatic carbocycles. The highest BCUT2D eigenvalue weighted by Crippen LogP contribution is 2.24. The molecule has 0 aromatic carbocycles. The first-order valence-electron chi connectivity index (χ1n) is 7.87. The third-order valence-corrected chi connectivity index (χ3v) is 4.86. The van der Waals surface area contributed by atoms with Crippen molar-refractivity contribution in [2.45, 2.75) is 46.1 Å². The summed E-state index contributed by atoms with van der Waals surface area (Å²) < 4.78 is 0. The summed E-state index contributed by atoms with van der Waals surface area (Å²) in [5.74, 6) is -1.11. The zero-order valence-electron chi connectivity index (χ0n) is 14.1. The van der Waals surface area contributed by atoms with Gasteiger partial charge in [-0.2, -0.15) is 0 Å². The number of hydrogen-bond acceptors (Lipinski definition) is 4.